The number of thiophene rings is 1. The number of benzene rings is 2. The fourth-order valence-electron chi connectivity index (χ4n) is 4.16. The Kier molecular flexibility index (Phi) is 7.03. The van der Waals surface area contributed by atoms with Gasteiger partial charge in [-0.1, -0.05) is 53.2 Å². The molecule has 2 aromatic carbocycles. The SMILES string of the molecule is O=C(c1ccccc1)c1cc(Cl)ccc1NC(=O)C1CCN(Cc2nc(-c3cccs3)no2)CC1. The maximum absolute atomic E-state index is 13.0. The third-order valence-electron chi connectivity index (χ3n) is 6.05. The van der Waals surface area contributed by atoms with Crippen LogP contribution < -0.4 is 5.32 Å². The first-order valence-corrected chi connectivity index (χ1v) is 12.6. The number of likely N-dealkylation sites (tertiary alicyclic amines) is 1. The van der Waals surface area contributed by atoms with Crippen LogP contribution in [0.1, 0.15) is 34.7 Å². The molecule has 0 bridgehead atoms. The Morgan fingerprint density at radius 1 is 1.09 bits per heavy atom. The lowest BCUT2D eigenvalue weighted by Gasteiger charge is -2.30. The number of aromatic nitrogens is 2. The van der Waals surface area contributed by atoms with Gasteiger partial charge in [0.05, 0.1) is 17.1 Å². The highest BCUT2D eigenvalue weighted by molar-refractivity contribution is 7.13. The third-order valence-corrected chi connectivity index (χ3v) is 7.15. The standard InChI is InChI=1S/C26H23ClN4O3S/c27-19-8-9-21(20(15-19)24(32)17-5-2-1-3-6-17)28-26(33)18-10-12-31(13-11-18)16-23-29-25(30-34-23)22-7-4-14-35-22/h1-9,14-15,18H,10-13,16H2,(H,28,33). The molecule has 5 rings (SSSR count). The highest BCUT2D eigenvalue weighted by Gasteiger charge is 2.27. The molecule has 35 heavy (non-hydrogen) atoms. The van der Waals surface area contributed by atoms with Crippen LogP contribution in [-0.4, -0.2) is 39.8 Å². The van der Waals surface area contributed by atoms with E-state index < -0.39 is 0 Å². The van der Waals surface area contributed by atoms with Crippen molar-refractivity contribution in [2.24, 2.45) is 5.92 Å². The number of halogens is 1. The second-order valence-electron chi connectivity index (χ2n) is 8.41. The predicted octanol–water partition coefficient (Wildman–Crippen LogP) is 5.53. The largest absolute Gasteiger partial charge is 0.338 e. The fourth-order valence-corrected chi connectivity index (χ4v) is 4.98. The summed E-state index contributed by atoms with van der Waals surface area (Å²) in [5, 5.41) is 9.45. The number of nitrogens with one attached hydrogen (secondary N) is 1. The van der Waals surface area contributed by atoms with Gasteiger partial charge in [-0.3, -0.25) is 14.5 Å². The second kappa shape index (κ2) is 10.5. The van der Waals surface area contributed by atoms with Gasteiger partial charge in [-0.05, 0) is 55.6 Å². The molecule has 1 fully saturated rings. The Balaban J connectivity index is 1.19. The number of hydrogen-bond donors (Lipinski definition) is 1. The number of amides is 1. The highest BCUT2D eigenvalue weighted by Crippen LogP contribution is 2.27. The van der Waals surface area contributed by atoms with Crippen LogP contribution in [0.3, 0.4) is 0 Å². The van der Waals surface area contributed by atoms with Gasteiger partial charge in [0.2, 0.25) is 17.6 Å². The molecule has 1 aliphatic rings. The zero-order valence-corrected chi connectivity index (χ0v) is 20.4. The number of rotatable bonds is 7. The quantitative estimate of drug-likeness (QED) is 0.331. The first kappa shape index (κ1) is 23.4. The van der Waals surface area contributed by atoms with Gasteiger partial charge in [-0.25, -0.2) is 0 Å². The van der Waals surface area contributed by atoms with E-state index in [9.17, 15) is 9.59 Å². The molecular weight excluding hydrogens is 484 g/mol. The lowest BCUT2D eigenvalue weighted by molar-refractivity contribution is -0.121. The van der Waals surface area contributed by atoms with E-state index in [1.165, 1.54) is 0 Å². The number of carbonyl (C=O) groups is 2. The van der Waals surface area contributed by atoms with Gasteiger partial charge >= 0.3 is 0 Å². The van der Waals surface area contributed by atoms with E-state index in [4.69, 9.17) is 16.1 Å². The van der Waals surface area contributed by atoms with Gasteiger partial charge in [0.25, 0.3) is 0 Å². The van der Waals surface area contributed by atoms with Crippen molar-refractivity contribution in [2.45, 2.75) is 19.4 Å². The van der Waals surface area contributed by atoms with Gasteiger partial charge in [-0.2, -0.15) is 4.98 Å². The van der Waals surface area contributed by atoms with E-state index in [2.05, 4.69) is 20.4 Å². The van der Waals surface area contributed by atoms with Crippen molar-refractivity contribution in [3.05, 3.63) is 88.1 Å². The molecule has 9 heteroatoms. The Morgan fingerprint density at radius 2 is 1.89 bits per heavy atom. The van der Waals surface area contributed by atoms with Crippen molar-refractivity contribution < 1.29 is 14.1 Å². The Morgan fingerprint density at radius 3 is 2.63 bits per heavy atom. The van der Waals surface area contributed by atoms with E-state index >= 15 is 0 Å². The Hall–Kier alpha value is -3.33. The summed E-state index contributed by atoms with van der Waals surface area (Å²) in [4.78, 5) is 33.8. The van der Waals surface area contributed by atoms with Gasteiger partial charge < -0.3 is 9.84 Å². The van der Waals surface area contributed by atoms with E-state index in [-0.39, 0.29) is 17.6 Å². The zero-order chi connectivity index (χ0) is 24.2. The molecule has 1 aliphatic heterocycles. The van der Waals surface area contributed by atoms with E-state index in [1.807, 2.05) is 23.6 Å². The summed E-state index contributed by atoms with van der Waals surface area (Å²) in [5.41, 5.74) is 1.40. The fraction of sp³-hybridized carbons (Fsp3) is 0.231. The Labute approximate surface area is 211 Å². The van der Waals surface area contributed by atoms with Crippen LogP contribution in [0, 0.1) is 5.92 Å². The maximum Gasteiger partial charge on any atom is 0.241 e. The van der Waals surface area contributed by atoms with Crippen LogP contribution in [0.25, 0.3) is 10.7 Å². The molecule has 7 nitrogen and oxygen atoms in total. The number of nitrogens with zero attached hydrogens (tertiary/aromatic N) is 3. The topological polar surface area (TPSA) is 88.3 Å². The van der Waals surface area contributed by atoms with E-state index in [1.54, 1.807) is 53.8 Å². The summed E-state index contributed by atoms with van der Waals surface area (Å²) in [5.74, 6) is 0.757. The molecule has 0 saturated carbocycles. The van der Waals surface area contributed by atoms with Gasteiger partial charge in [0.1, 0.15) is 0 Å². The molecule has 0 aliphatic carbocycles. The normalized spacial score (nSPS) is 14.7. The summed E-state index contributed by atoms with van der Waals surface area (Å²) in [6, 6.07) is 17.8. The van der Waals surface area contributed by atoms with Gasteiger partial charge in [0, 0.05) is 22.1 Å². The minimum absolute atomic E-state index is 0.0909. The molecule has 1 amide bonds. The molecule has 2 aromatic heterocycles. The number of anilines is 1. The molecule has 0 radical (unpaired) electrons. The van der Waals surface area contributed by atoms with E-state index in [0.717, 1.165) is 18.0 Å². The summed E-state index contributed by atoms with van der Waals surface area (Å²) in [6.45, 7) is 2.04. The van der Waals surface area contributed by atoms with Crippen molar-refractivity contribution in [2.75, 3.05) is 18.4 Å². The van der Waals surface area contributed by atoms with Crippen molar-refractivity contribution in [1.82, 2.24) is 15.0 Å². The van der Waals surface area contributed by atoms with E-state index in [0.29, 0.717) is 52.9 Å². The smallest absolute Gasteiger partial charge is 0.241 e. The molecule has 1 N–H and O–H groups in total. The summed E-state index contributed by atoms with van der Waals surface area (Å²) >= 11 is 7.73. The van der Waals surface area contributed by atoms with Crippen molar-refractivity contribution >= 4 is 40.3 Å². The van der Waals surface area contributed by atoms with Gasteiger partial charge in [0.15, 0.2) is 5.78 Å². The average molecular weight is 507 g/mol. The van der Waals surface area contributed by atoms with Crippen LogP contribution in [0.2, 0.25) is 5.02 Å². The van der Waals surface area contributed by atoms with Crippen LogP contribution >= 0.6 is 22.9 Å². The number of ketones is 1. The van der Waals surface area contributed by atoms with Crippen LogP contribution in [0.4, 0.5) is 5.69 Å². The molecule has 1 saturated heterocycles. The zero-order valence-electron chi connectivity index (χ0n) is 18.8. The number of carbonyl (C=O) groups excluding carboxylic acids is 2. The highest BCUT2D eigenvalue weighted by atomic mass is 35.5. The lowest BCUT2D eigenvalue weighted by Crippen LogP contribution is -2.38. The van der Waals surface area contributed by atoms with Crippen molar-refractivity contribution in [3.8, 4) is 10.7 Å². The van der Waals surface area contributed by atoms with Gasteiger partial charge in [-0.15, -0.1) is 11.3 Å². The average Bonchev–Trinajstić information content (AvgIpc) is 3.58. The lowest BCUT2D eigenvalue weighted by atomic mass is 9.95. The first-order chi connectivity index (χ1) is 17.1. The third kappa shape index (κ3) is 5.51. The van der Waals surface area contributed by atoms with Crippen molar-refractivity contribution in [1.29, 1.82) is 0 Å². The van der Waals surface area contributed by atoms with Crippen molar-refractivity contribution in [3.63, 3.8) is 0 Å². The molecule has 0 unspecified atom stereocenters. The molecular formula is C26H23ClN4O3S. The van der Waals surface area contributed by atoms with Crippen LogP contribution in [-0.2, 0) is 11.3 Å². The summed E-state index contributed by atoms with van der Waals surface area (Å²) in [7, 11) is 0. The molecule has 178 valence electrons. The molecule has 3 heterocycles. The molecule has 0 atom stereocenters. The molecule has 4 aromatic rings. The van der Waals surface area contributed by atoms with Crippen LogP contribution in [0.5, 0.6) is 0 Å². The number of hydrogen-bond acceptors (Lipinski definition) is 7. The van der Waals surface area contributed by atoms with Crippen LogP contribution in [0.15, 0.2) is 70.6 Å². The number of piperidine rings is 1. The summed E-state index contributed by atoms with van der Waals surface area (Å²) < 4.78 is 5.41. The second-order valence-corrected chi connectivity index (χ2v) is 9.80. The molecule has 0 spiro atoms. The Bertz CT molecular complexity index is 1320. The predicted molar refractivity (Wildman–Crippen MR) is 136 cm³/mol. The minimum Gasteiger partial charge on any atom is -0.338 e. The maximum atomic E-state index is 13.0. The summed E-state index contributed by atoms with van der Waals surface area (Å²) in [6.07, 6.45) is 1.40. The minimum atomic E-state index is -0.181. The first-order valence-electron chi connectivity index (χ1n) is 11.4. The monoisotopic (exact) mass is 506 g/mol.